The Labute approximate surface area is 143 Å². The molecule has 25 heavy (non-hydrogen) atoms. The van der Waals surface area contributed by atoms with Gasteiger partial charge < -0.3 is 10.6 Å². The first-order valence-electron chi connectivity index (χ1n) is 8.43. The van der Waals surface area contributed by atoms with Crippen molar-refractivity contribution in [2.75, 3.05) is 18.4 Å². The number of benzene rings is 1. The van der Waals surface area contributed by atoms with Gasteiger partial charge in [-0.25, -0.2) is 0 Å². The van der Waals surface area contributed by atoms with Gasteiger partial charge in [0.15, 0.2) is 0 Å². The van der Waals surface area contributed by atoms with Gasteiger partial charge in [0.1, 0.15) is 0 Å². The molecule has 1 saturated carbocycles. The fraction of sp³-hybridized carbons (Fsp3) is 0.444. The number of nitrogens with zero attached hydrogens (tertiary/aromatic N) is 1. The van der Waals surface area contributed by atoms with E-state index in [2.05, 4.69) is 15.6 Å². The van der Waals surface area contributed by atoms with Crippen molar-refractivity contribution in [2.24, 2.45) is 5.92 Å². The standard InChI is InChI=1S/C18H20F3N3O/c19-18(20,21)13-5-6-14-15(7-10-23-16(14)11-13)22-8-2-9-24-17(25)12-3-1-4-12/h5-7,10-12H,1-4,8-9H2,(H,22,23)(H,24,25). The molecule has 0 spiro atoms. The van der Waals surface area contributed by atoms with Crippen molar-refractivity contribution in [2.45, 2.75) is 31.9 Å². The number of anilines is 1. The number of fused-ring (bicyclic) bond motifs is 1. The van der Waals surface area contributed by atoms with Gasteiger partial charge in [0.2, 0.25) is 5.91 Å². The predicted molar refractivity (Wildman–Crippen MR) is 90.2 cm³/mol. The van der Waals surface area contributed by atoms with Gasteiger partial charge in [0.25, 0.3) is 0 Å². The van der Waals surface area contributed by atoms with Gasteiger partial charge >= 0.3 is 6.18 Å². The second-order valence-electron chi connectivity index (χ2n) is 6.29. The Bertz CT molecular complexity index is 757. The first-order valence-corrected chi connectivity index (χ1v) is 8.43. The number of halogens is 3. The monoisotopic (exact) mass is 351 g/mol. The normalized spacial score (nSPS) is 15.0. The van der Waals surface area contributed by atoms with E-state index in [4.69, 9.17) is 0 Å². The van der Waals surface area contributed by atoms with Gasteiger partial charge in [-0.15, -0.1) is 0 Å². The number of nitrogens with one attached hydrogen (secondary N) is 2. The molecule has 4 nitrogen and oxygen atoms in total. The first kappa shape index (κ1) is 17.5. The van der Waals surface area contributed by atoms with Crippen LogP contribution in [0.2, 0.25) is 0 Å². The number of hydrogen-bond acceptors (Lipinski definition) is 3. The van der Waals surface area contributed by atoms with E-state index in [1.807, 2.05) is 0 Å². The van der Waals surface area contributed by atoms with Gasteiger partial charge in [0.05, 0.1) is 11.1 Å². The number of hydrogen-bond donors (Lipinski definition) is 2. The summed E-state index contributed by atoms with van der Waals surface area (Å²) < 4.78 is 38.3. The van der Waals surface area contributed by atoms with Crippen LogP contribution in [0.5, 0.6) is 0 Å². The predicted octanol–water partition coefficient (Wildman–Crippen LogP) is 3.97. The summed E-state index contributed by atoms with van der Waals surface area (Å²) in [5, 5.41) is 6.77. The third-order valence-electron chi connectivity index (χ3n) is 4.51. The summed E-state index contributed by atoms with van der Waals surface area (Å²) >= 11 is 0. The van der Waals surface area contributed by atoms with E-state index >= 15 is 0 Å². The molecule has 1 aliphatic rings. The van der Waals surface area contributed by atoms with Crippen molar-refractivity contribution in [3.8, 4) is 0 Å². The number of carbonyl (C=O) groups excluding carboxylic acids is 1. The molecule has 0 bridgehead atoms. The third kappa shape index (κ3) is 4.21. The van der Waals surface area contributed by atoms with Crippen LogP contribution in [0.1, 0.15) is 31.2 Å². The minimum absolute atomic E-state index is 0.125. The van der Waals surface area contributed by atoms with Crippen LogP contribution in [0.15, 0.2) is 30.5 Å². The molecule has 2 aromatic rings. The Kier molecular flexibility index (Phi) is 5.11. The van der Waals surface area contributed by atoms with Crippen LogP contribution in [0.4, 0.5) is 18.9 Å². The summed E-state index contributed by atoms with van der Waals surface area (Å²) in [7, 11) is 0. The van der Waals surface area contributed by atoms with Crippen molar-refractivity contribution < 1.29 is 18.0 Å². The highest BCUT2D eigenvalue weighted by atomic mass is 19.4. The average Bonchev–Trinajstić information content (AvgIpc) is 2.51. The molecule has 0 atom stereocenters. The molecule has 3 rings (SSSR count). The second-order valence-corrected chi connectivity index (χ2v) is 6.29. The number of alkyl halides is 3. The summed E-state index contributed by atoms with van der Waals surface area (Å²) in [6.45, 7) is 1.20. The molecule has 0 saturated heterocycles. The molecule has 0 aliphatic heterocycles. The summed E-state index contributed by atoms with van der Waals surface area (Å²) in [6.07, 6.45) is 0.939. The lowest BCUT2D eigenvalue weighted by Crippen LogP contribution is -2.35. The van der Waals surface area contributed by atoms with Gasteiger partial charge in [-0.3, -0.25) is 9.78 Å². The van der Waals surface area contributed by atoms with Crippen LogP contribution in [0, 0.1) is 5.92 Å². The van der Waals surface area contributed by atoms with E-state index < -0.39 is 11.7 Å². The van der Waals surface area contributed by atoms with E-state index in [1.54, 1.807) is 6.07 Å². The van der Waals surface area contributed by atoms with Crippen molar-refractivity contribution in [1.82, 2.24) is 10.3 Å². The maximum Gasteiger partial charge on any atom is 0.416 e. The van der Waals surface area contributed by atoms with Crippen molar-refractivity contribution in [3.05, 3.63) is 36.0 Å². The van der Waals surface area contributed by atoms with Crippen LogP contribution in [-0.4, -0.2) is 24.0 Å². The van der Waals surface area contributed by atoms with Crippen molar-refractivity contribution in [3.63, 3.8) is 0 Å². The molecular formula is C18H20F3N3O. The average molecular weight is 351 g/mol. The van der Waals surface area contributed by atoms with E-state index in [0.717, 1.165) is 43.5 Å². The number of aromatic nitrogens is 1. The lowest BCUT2D eigenvalue weighted by molar-refractivity contribution is -0.137. The van der Waals surface area contributed by atoms with Gasteiger partial charge in [-0.05, 0) is 37.5 Å². The summed E-state index contributed by atoms with van der Waals surface area (Å²) in [5.41, 5.74) is 0.338. The Morgan fingerprint density at radius 1 is 1.20 bits per heavy atom. The lowest BCUT2D eigenvalue weighted by atomic mass is 9.85. The summed E-state index contributed by atoms with van der Waals surface area (Å²) in [4.78, 5) is 15.7. The minimum Gasteiger partial charge on any atom is -0.384 e. The van der Waals surface area contributed by atoms with Crippen molar-refractivity contribution in [1.29, 1.82) is 0 Å². The van der Waals surface area contributed by atoms with Gasteiger partial charge in [0, 0.05) is 36.3 Å². The maximum atomic E-state index is 12.8. The van der Waals surface area contributed by atoms with Crippen molar-refractivity contribution >= 4 is 22.5 Å². The number of carbonyl (C=O) groups is 1. The Balaban J connectivity index is 1.55. The summed E-state index contributed by atoms with van der Waals surface area (Å²) in [5.74, 6) is 0.306. The van der Waals surface area contributed by atoms with E-state index in [0.29, 0.717) is 24.0 Å². The third-order valence-corrected chi connectivity index (χ3v) is 4.51. The molecular weight excluding hydrogens is 331 g/mol. The maximum absolute atomic E-state index is 12.8. The molecule has 1 heterocycles. The molecule has 0 unspecified atom stereocenters. The van der Waals surface area contributed by atoms with Crippen LogP contribution in [-0.2, 0) is 11.0 Å². The molecule has 1 fully saturated rings. The summed E-state index contributed by atoms with van der Waals surface area (Å²) in [6, 6.07) is 5.29. The van der Waals surface area contributed by atoms with E-state index in [9.17, 15) is 18.0 Å². The highest BCUT2D eigenvalue weighted by Gasteiger charge is 2.30. The zero-order valence-corrected chi connectivity index (χ0v) is 13.7. The Morgan fingerprint density at radius 2 is 2.00 bits per heavy atom. The van der Waals surface area contributed by atoms with Crippen LogP contribution >= 0.6 is 0 Å². The molecule has 134 valence electrons. The molecule has 1 aromatic carbocycles. The first-order chi connectivity index (χ1) is 11.9. The molecule has 1 amide bonds. The molecule has 1 aliphatic carbocycles. The van der Waals surface area contributed by atoms with Gasteiger partial charge in [-0.2, -0.15) is 13.2 Å². The fourth-order valence-corrected chi connectivity index (χ4v) is 2.82. The fourth-order valence-electron chi connectivity index (χ4n) is 2.82. The lowest BCUT2D eigenvalue weighted by Gasteiger charge is -2.24. The highest BCUT2D eigenvalue weighted by molar-refractivity contribution is 5.91. The Morgan fingerprint density at radius 3 is 2.68 bits per heavy atom. The largest absolute Gasteiger partial charge is 0.416 e. The van der Waals surface area contributed by atoms with Crippen LogP contribution < -0.4 is 10.6 Å². The second kappa shape index (κ2) is 7.29. The smallest absolute Gasteiger partial charge is 0.384 e. The van der Waals surface area contributed by atoms with E-state index in [-0.39, 0.29) is 11.8 Å². The van der Waals surface area contributed by atoms with Crippen LogP contribution in [0.3, 0.4) is 0 Å². The highest BCUT2D eigenvalue weighted by Crippen LogP contribution is 2.32. The minimum atomic E-state index is -4.38. The molecule has 0 radical (unpaired) electrons. The number of amides is 1. The topological polar surface area (TPSA) is 54.0 Å². The Hall–Kier alpha value is -2.31. The quantitative estimate of drug-likeness (QED) is 0.774. The van der Waals surface area contributed by atoms with E-state index in [1.165, 1.54) is 12.3 Å². The number of rotatable bonds is 6. The zero-order valence-electron chi connectivity index (χ0n) is 13.7. The molecule has 1 aromatic heterocycles. The van der Waals surface area contributed by atoms with Gasteiger partial charge in [-0.1, -0.05) is 12.5 Å². The SMILES string of the molecule is O=C(NCCCNc1ccnc2cc(C(F)(F)F)ccc12)C1CCC1. The van der Waals surface area contributed by atoms with Crippen LogP contribution in [0.25, 0.3) is 10.9 Å². The molecule has 7 heteroatoms. The molecule has 2 N–H and O–H groups in total. The number of pyridine rings is 1. The zero-order chi connectivity index (χ0) is 17.9.